The van der Waals surface area contributed by atoms with Crippen molar-refractivity contribution in [3.63, 3.8) is 0 Å². The summed E-state index contributed by atoms with van der Waals surface area (Å²) in [6.07, 6.45) is 4.75. The van der Waals surface area contributed by atoms with Crippen LogP contribution in [0.15, 0.2) is 53.7 Å². The van der Waals surface area contributed by atoms with Gasteiger partial charge >= 0.3 is 0 Å². The molecule has 0 bridgehead atoms. The Morgan fingerprint density at radius 3 is 2.65 bits per heavy atom. The van der Waals surface area contributed by atoms with Gasteiger partial charge in [-0.3, -0.25) is 4.98 Å². The van der Waals surface area contributed by atoms with E-state index < -0.39 is 0 Å². The van der Waals surface area contributed by atoms with Crippen LogP contribution in [0.1, 0.15) is 11.1 Å². The molecule has 0 fully saturated rings. The van der Waals surface area contributed by atoms with Gasteiger partial charge in [0.2, 0.25) is 0 Å². The first kappa shape index (κ1) is 12.1. The number of nitrogens with zero attached hydrogens (tertiary/aromatic N) is 1. The van der Waals surface area contributed by atoms with Crippen LogP contribution in [0.25, 0.3) is 0 Å². The first-order valence-electron chi connectivity index (χ1n) is 5.69. The summed E-state index contributed by atoms with van der Waals surface area (Å²) in [4.78, 5) is 5.31. The number of aromatic nitrogens is 1. The van der Waals surface area contributed by atoms with E-state index in [0.717, 1.165) is 12.2 Å². The highest BCUT2D eigenvalue weighted by Gasteiger charge is 1.97. The van der Waals surface area contributed by atoms with Crippen LogP contribution in [0.3, 0.4) is 0 Å². The number of thioether (sulfide) groups is 1. The van der Waals surface area contributed by atoms with E-state index in [2.05, 4.69) is 41.4 Å². The smallest absolute Gasteiger partial charge is 0.0270 e. The molecule has 1 aromatic heterocycles. The molecule has 1 heterocycles. The average molecular weight is 244 g/mol. The maximum Gasteiger partial charge on any atom is 0.0270 e. The average Bonchev–Trinajstić information content (AvgIpc) is 2.40. The van der Waals surface area contributed by atoms with Crippen LogP contribution in [0.2, 0.25) is 0 Å². The second-order valence-corrected chi connectivity index (χ2v) is 4.97. The van der Waals surface area contributed by atoms with Gasteiger partial charge in [0.05, 0.1) is 0 Å². The predicted octanol–water partition coefficient (Wildman–Crippen LogP) is 2.88. The van der Waals surface area contributed by atoms with Gasteiger partial charge in [0.1, 0.15) is 0 Å². The van der Waals surface area contributed by atoms with Crippen LogP contribution < -0.4 is 5.73 Å². The van der Waals surface area contributed by atoms with E-state index in [4.69, 9.17) is 5.73 Å². The molecule has 0 saturated carbocycles. The van der Waals surface area contributed by atoms with E-state index in [1.807, 2.05) is 24.2 Å². The normalized spacial score (nSPS) is 10.4. The predicted molar refractivity (Wildman–Crippen MR) is 73.0 cm³/mol. The minimum absolute atomic E-state index is 0.610. The number of benzene rings is 1. The number of hydrogen-bond acceptors (Lipinski definition) is 3. The Morgan fingerprint density at radius 2 is 1.88 bits per heavy atom. The summed E-state index contributed by atoms with van der Waals surface area (Å²) in [6, 6.07) is 12.6. The molecule has 1 aromatic carbocycles. The number of pyridine rings is 1. The molecule has 0 aliphatic rings. The molecule has 0 aliphatic carbocycles. The molecule has 0 unspecified atom stereocenters. The van der Waals surface area contributed by atoms with Gasteiger partial charge in [0.25, 0.3) is 0 Å². The zero-order valence-corrected chi connectivity index (χ0v) is 10.5. The highest BCUT2D eigenvalue weighted by molar-refractivity contribution is 7.99. The second kappa shape index (κ2) is 6.42. The van der Waals surface area contributed by atoms with Crippen molar-refractivity contribution in [3.05, 3.63) is 59.9 Å². The molecule has 0 amide bonds. The van der Waals surface area contributed by atoms with Crippen LogP contribution in [0.5, 0.6) is 0 Å². The van der Waals surface area contributed by atoms with Crippen molar-refractivity contribution in [3.8, 4) is 0 Å². The molecular formula is C14H16N2S. The minimum Gasteiger partial charge on any atom is -0.326 e. The van der Waals surface area contributed by atoms with Crippen molar-refractivity contribution in [1.29, 1.82) is 0 Å². The Balaban J connectivity index is 1.86. The lowest BCUT2D eigenvalue weighted by atomic mass is 10.2. The van der Waals surface area contributed by atoms with Crippen molar-refractivity contribution in [1.82, 2.24) is 4.98 Å². The topological polar surface area (TPSA) is 38.9 Å². The molecule has 17 heavy (non-hydrogen) atoms. The Kier molecular flexibility index (Phi) is 4.59. The van der Waals surface area contributed by atoms with Crippen LogP contribution in [-0.2, 0) is 13.0 Å². The molecular weight excluding hydrogens is 228 g/mol. The summed E-state index contributed by atoms with van der Waals surface area (Å²) in [7, 11) is 0. The third-order valence-electron chi connectivity index (χ3n) is 2.54. The van der Waals surface area contributed by atoms with Gasteiger partial charge in [-0.1, -0.05) is 12.1 Å². The molecule has 2 nitrogen and oxygen atoms in total. The summed E-state index contributed by atoms with van der Waals surface area (Å²) in [5, 5.41) is 0. The van der Waals surface area contributed by atoms with Gasteiger partial charge in [-0.05, 0) is 41.8 Å². The van der Waals surface area contributed by atoms with Gasteiger partial charge in [0, 0.05) is 29.6 Å². The molecule has 3 heteroatoms. The van der Waals surface area contributed by atoms with Gasteiger partial charge in [-0.25, -0.2) is 0 Å². The fourth-order valence-electron chi connectivity index (χ4n) is 1.60. The zero-order valence-electron chi connectivity index (χ0n) is 9.67. The molecule has 2 N–H and O–H groups in total. The van der Waals surface area contributed by atoms with Gasteiger partial charge < -0.3 is 5.73 Å². The van der Waals surface area contributed by atoms with Crippen molar-refractivity contribution < 1.29 is 0 Å². The highest BCUT2D eigenvalue weighted by atomic mass is 32.2. The van der Waals surface area contributed by atoms with Crippen LogP contribution >= 0.6 is 11.8 Å². The quantitative estimate of drug-likeness (QED) is 0.822. The summed E-state index contributed by atoms with van der Waals surface area (Å²) in [5.41, 5.74) is 8.15. The third-order valence-corrected chi connectivity index (χ3v) is 3.54. The molecule has 0 saturated heterocycles. The van der Waals surface area contributed by atoms with E-state index in [0.29, 0.717) is 6.54 Å². The van der Waals surface area contributed by atoms with E-state index in [1.165, 1.54) is 16.0 Å². The van der Waals surface area contributed by atoms with E-state index >= 15 is 0 Å². The largest absolute Gasteiger partial charge is 0.326 e. The molecule has 2 rings (SSSR count). The number of nitrogens with two attached hydrogens (primary N) is 1. The fraction of sp³-hybridized carbons (Fsp3) is 0.214. The molecule has 0 radical (unpaired) electrons. The van der Waals surface area contributed by atoms with Gasteiger partial charge in [-0.2, -0.15) is 0 Å². The van der Waals surface area contributed by atoms with Crippen molar-refractivity contribution in [2.24, 2.45) is 5.73 Å². The standard InChI is InChI=1S/C14H16N2S/c15-11-13-2-1-3-14(10-13)17-9-6-12-4-7-16-8-5-12/h1-5,7-8,10H,6,9,11,15H2. The van der Waals surface area contributed by atoms with Gasteiger partial charge in [0.15, 0.2) is 0 Å². The van der Waals surface area contributed by atoms with Crippen molar-refractivity contribution in [2.75, 3.05) is 5.75 Å². The lowest BCUT2D eigenvalue weighted by Crippen LogP contribution is -1.95. The number of hydrogen-bond donors (Lipinski definition) is 1. The Morgan fingerprint density at radius 1 is 1.06 bits per heavy atom. The lowest BCUT2D eigenvalue weighted by Gasteiger charge is -2.04. The SMILES string of the molecule is NCc1cccc(SCCc2ccncc2)c1. The second-order valence-electron chi connectivity index (χ2n) is 3.81. The van der Waals surface area contributed by atoms with E-state index in [9.17, 15) is 0 Å². The molecule has 0 spiro atoms. The maximum atomic E-state index is 5.62. The van der Waals surface area contributed by atoms with Gasteiger partial charge in [-0.15, -0.1) is 11.8 Å². The van der Waals surface area contributed by atoms with Crippen LogP contribution in [0, 0.1) is 0 Å². The van der Waals surface area contributed by atoms with Crippen LogP contribution in [-0.4, -0.2) is 10.7 Å². The first-order valence-corrected chi connectivity index (χ1v) is 6.68. The van der Waals surface area contributed by atoms with E-state index in [-0.39, 0.29) is 0 Å². The monoisotopic (exact) mass is 244 g/mol. The maximum absolute atomic E-state index is 5.62. The Labute approximate surface area is 106 Å². The fourth-order valence-corrected chi connectivity index (χ4v) is 2.58. The highest BCUT2D eigenvalue weighted by Crippen LogP contribution is 2.20. The number of aryl methyl sites for hydroxylation is 1. The summed E-state index contributed by atoms with van der Waals surface area (Å²) in [6.45, 7) is 0.610. The Bertz CT molecular complexity index is 457. The first-order chi connectivity index (χ1) is 8.38. The van der Waals surface area contributed by atoms with E-state index in [1.54, 1.807) is 0 Å². The molecule has 0 aliphatic heterocycles. The molecule has 0 atom stereocenters. The molecule has 88 valence electrons. The summed E-state index contributed by atoms with van der Waals surface area (Å²) < 4.78 is 0. The lowest BCUT2D eigenvalue weighted by molar-refractivity contribution is 1.06. The molecule has 2 aromatic rings. The van der Waals surface area contributed by atoms with Crippen LogP contribution in [0.4, 0.5) is 0 Å². The summed E-state index contributed by atoms with van der Waals surface area (Å²) >= 11 is 1.87. The zero-order chi connectivity index (χ0) is 11.9. The summed E-state index contributed by atoms with van der Waals surface area (Å²) in [5.74, 6) is 1.08. The Hall–Kier alpha value is -1.32. The van der Waals surface area contributed by atoms with Crippen molar-refractivity contribution in [2.45, 2.75) is 17.9 Å². The third kappa shape index (κ3) is 3.88. The van der Waals surface area contributed by atoms with Crippen molar-refractivity contribution >= 4 is 11.8 Å². The number of rotatable bonds is 5. The minimum atomic E-state index is 0.610.